The predicted octanol–water partition coefficient (Wildman–Crippen LogP) is 1.45. The molecule has 78 valence electrons. The molecule has 0 bridgehead atoms. The van der Waals surface area contributed by atoms with Gasteiger partial charge in [0.05, 0.1) is 12.7 Å². The maximum absolute atomic E-state index is 10.6. The summed E-state index contributed by atoms with van der Waals surface area (Å²) in [6, 6.07) is 1.69. The summed E-state index contributed by atoms with van der Waals surface area (Å²) in [6.07, 6.45) is 1.18. The summed E-state index contributed by atoms with van der Waals surface area (Å²) in [5, 5.41) is 7.51. The van der Waals surface area contributed by atoms with Gasteiger partial charge in [0.15, 0.2) is 0 Å². The molecule has 0 aromatic rings. The predicted molar refractivity (Wildman–Crippen MR) is 53.5 cm³/mol. The Morgan fingerprint density at radius 1 is 1.57 bits per heavy atom. The first-order chi connectivity index (χ1) is 6.59. The Labute approximate surface area is 84.4 Å². The van der Waals surface area contributed by atoms with Gasteiger partial charge in [0.1, 0.15) is 6.61 Å². The summed E-state index contributed by atoms with van der Waals surface area (Å²) in [5.74, 6) is -0.364. The fourth-order valence-corrected chi connectivity index (χ4v) is 0.341. The molecule has 0 aliphatic rings. The smallest absolute Gasteiger partial charge is 0.333 e. The van der Waals surface area contributed by atoms with Gasteiger partial charge in [-0.1, -0.05) is 13.2 Å². The average Bonchev–Trinajstić information content (AvgIpc) is 2.18. The maximum atomic E-state index is 10.6. The molecule has 0 unspecified atom stereocenters. The average molecular weight is 197 g/mol. The van der Waals surface area contributed by atoms with Crippen LogP contribution in [0.15, 0.2) is 24.8 Å². The fraction of sp³-hybridized carbons (Fsp3) is 0.400. The number of carbonyl (C=O) groups is 1. The van der Waals surface area contributed by atoms with Crippen LogP contribution in [-0.4, -0.2) is 26.3 Å². The van der Waals surface area contributed by atoms with Crippen molar-refractivity contribution in [2.24, 2.45) is 0 Å². The topological polar surface area (TPSA) is 59.3 Å². The molecule has 0 fully saturated rings. The highest BCUT2D eigenvalue weighted by atomic mass is 16.6. The molecule has 0 N–H and O–H groups in total. The number of methoxy groups -OCH3 is 1. The molecule has 0 saturated carbocycles. The Morgan fingerprint density at radius 3 is 2.36 bits per heavy atom. The van der Waals surface area contributed by atoms with Gasteiger partial charge in [-0.15, -0.1) is 0 Å². The number of hydrogen-bond donors (Lipinski definition) is 0. The minimum Gasteiger partial charge on any atom is -0.460 e. The molecule has 0 aromatic heterocycles. The molecule has 0 heterocycles. The third-order valence-electron chi connectivity index (χ3n) is 0.960. The number of allylic oxidation sites excluding steroid dienone is 1. The first-order valence-corrected chi connectivity index (χ1v) is 3.92. The first kappa shape index (κ1) is 14.9. The second-order valence-electron chi connectivity index (χ2n) is 2.24. The highest BCUT2D eigenvalue weighted by Gasteiger charge is 2.00. The first-order valence-electron chi connectivity index (χ1n) is 3.92. The van der Waals surface area contributed by atoms with Gasteiger partial charge in [-0.25, -0.2) is 4.79 Å². The summed E-state index contributed by atoms with van der Waals surface area (Å²) in [5.41, 5.74) is 0.413. The van der Waals surface area contributed by atoms with Crippen LogP contribution in [0.3, 0.4) is 0 Å². The number of hydrogen-bond acceptors (Lipinski definition) is 4. The van der Waals surface area contributed by atoms with Crippen LogP contribution in [0.5, 0.6) is 0 Å². The van der Waals surface area contributed by atoms with Crippen molar-refractivity contribution in [3.05, 3.63) is 24.8 Å². The maximum Gasteiger partial charge on any atom is 0.333 e. The van der Waals surface area contributed by atoms with Crippen LogP contribution in [0.2, 0.25) is 0 Å². The molecule has 14 heavy (non-hydrogen) atoms. The van der Waals surface area contributed by atoms with Gasteiger partial charge in [-0.2, -0.15) is 5.26 Å². The quantitative estimate of drug-likeness (QED) is 0.296. The largest absolute Gasteiger partial charge is 0.460 e. The second kappa shape index (κ2) is 11.4. The van der Waals surface area contributed by atoms with E-state index in [4.69, 9.17) is 5.26 Å². The van der Waals surface area contributed by atoms with E-state index < -0.39 is 0 Å². The lowest BCUT2D eigenvalue weighted by molar-refractivity contribution is -0.140. The summed E-state index contributed by atoms with van der Waals surface area (Å²) in [7, 11) is 1.55. The Bertz CT molecular complexity index is 228. The summed E-state index contributed by atoms with van der Waals surface area (Å²) < 4.78 is 9.35. The Morgan fingerprint density at radius 2 is 2.07 bits per heavy atom. The Balaban J connectivity index is 0. The highest BCUT2D eigenvalue weighted by molar-refractivity contribution is 5.86. The number of ether oxygens (including phenoxy) is 2. The van der Waals surface area contributed by atoms with Crippen molar-refractivity contribution >= 4 is 5.97 Å². The zero-order valence-electron chi connectivity index (χ0n) is 8.58. The molecule has 0 aliphatic heterocycles. The molecule has 0 rings (SSSR count). The lowest BCUT2D eigenvalue weighted by atomic mass is 10.4. The number of carbonyl (C=O) groups excluding carboxylic acids is 1. The van der Waals surface area contributed by atoms with Crippen molar-refractivity contribution in [1.82, 2.24) is 0 Å². The van der Waals surface area contributed by atoms with Gasteiger partial charge in [-0.05, 0) is 6.92 Å². The summed E-state index contributed by atoms with van der Waals surface area (Å²) in [6.45, 7) is 8.87. The van der Waals surface area contributed by atoms with Crippen molar-refractivity contribution in [2.45, 2.75) is 6.92 Å². The minimum absolute atomic E-state index is 0.294. The molecule has 0 spiro atoms. The highest BCUT2D eigenvalue weighted by Crippen LogP contribution is 1.90. The van der Waals surface area contributed by atoms with E-state index >= 15 is 0 Å². The Kier molecular flexibility index (Phi) is 12.1. The molecule has 0 aliphatic carbocycles. The molecule has 0 saturated heterocycles. The SMILES string of the molecule is C=C(C)C(=O)OCCOC.C=CC#N. The van der Waals surface area contributed by atoms with Gasteiger partial charge < -0.3 is 9.47 Å². The van der Waals surface area contributed by atoms with Gasteiger partial charge >= 0.3 is 5.97 Å². The van der Waals surface area contributed by atoms with Gasteiger partial charge in [-0.3, -0.25) is 0 Å². The third kappa shape index (κ3) is 13.0. The van der Waals surface area contributed by atoms with Crippen LogP contribution in [0.1, 0.15) is 6.92 Å². The molecule has 4 nitrogen and oxygen atoms in total. The number of nitriles is 1. The van der Waals surface area contributed by atoms with Crippen LogP contribution in [-0.2, 0) is 14.3 Å². The van der Waals surface area contributed by atoms with Crippen molar-refractivity contribution in [2.75, 3.05) is 20.3 Å². The van der Waals surface area contributed by atoms with Crippen molar-refractivity contribution in [1.29, 1.82) is 5.26 Å². The van der Waals surface area contributed by atoms with Crippen LogP contribution >= 0.6 is 0 Å². The standard InChI is InChI=1S/C7H12O3.C3H3N/c1-6(2)7(8)10-5-4-9-3;1-2-3-4/h1,4-5H2,2-3H3;2H,1H2. The summed E-state index contributed by atoms with van der Waals surface area (Å²) >= 11 is 0. The van der Waals surface area contributed by atoms with Crippen molar-refractivity contribution < 1.29 is 14.3 Å². The van der Waals surface area contributed by atoms with Crippen molar-refractivity contribution in [3.8, 4) is 6.07 Å². The van der Waals surface area contributed by atoms with E-state index in [1.54, 1.807) is 20.1 Å². The van der Waals surface area contributed by atoms with E-state index in [2.05, 4.69) is 22.6 Å². The van der Waals surface area contributed by atoms with Crippen LogP contribution in [0.25, 0.3) is 0 Å². The number of rotatable bonds is 4. The molecule has 0 amide bonds. The van der Waals surface area contributed by atoms with Gasteiger partial charge in [0, 0.05) is 18.8 Å². The van der Waals surface area contributed by atoms with Crippen LogP contribution in [0, 0.1) is 11.3 Å². The van der Waals surface area contributed by atoms with Crippen LogP contribution in [0.4, 0.5) is 0 Å². The molecule has 0 radical (unpaired) electrons. The monoisotopic (exact) mass is 197 g/mol. The lowest BCUT2D eigenvalue weighted by Crippen LogP contribution is -2.09. The summed E-state index contributed by atoms with van der Waals surface area (Å²) in [4.78, 5) is 10.6. The Hall–Kier alpha value is -1.60. The van der Waals surface area contributed by atoms with E-state index in [0.29, 0.717) is 18.8 Å². The molecule has 0 aromatic carbocycles. The van der Waals surface area contributed by atoms with Crippen molar-refractivity contribution in [3.63, 3.8) is 0 Å². The fourth-order valence-electron chi connectivity index (χ4n) is 0.341. The lowest BCUT2D eigenvalue weighted by Gasteiger charge is -2.01. The zero-order chi connectivity index (χ0) is 11.4. The van der Waals surface area contributed by atoms with E-state index in [0.717, 1.165) is 0 Å². The normalized spacial score (nSPS) is 7.50. The van der Waals surface area contributed by atoms with E-state index in [-0.39, 0.29) is 5.97 Å². The minimum atomic E-state index is -0.364. The van der Waals surface area contributed by atoms with Gasteiger partial charge in [0.25, 0.3) is 0 Å². The molecular formula is C10H15NO3. The van der Waals surface area contributed by atoms with Crippen LogP contribution < -0.4 is 0 Å². The van der Waals surface area contributed by atoms with E-state index in [1.807, 2.05) is 0 Å². The molecule has 4 heteroatoms. The van der Waals surface area contributed by atoms with E-state index in [1.165, 1.54) is 6.08 Å². The molecular weight excluding hydrogens is 182 g/mol. The number of nitrogens with zero attached hydrogens (tertiary/aromatic N) is 1. The third-order valence-corrected chi connectivity index (χ3v) is 0.960. The second-order valence-corrected chi connectivity index (χ2v) is 2.24. The number of esters is 1. The molecule has 0 atom stereocenters. The van der Waals surface area contributed by atoms with E-state index in [9.17, 15) is 4.79 Å². The zero-order valence-corrected chi connectivity index (χ0v) is 8.58. The van der Waals surface area contributed by atoms with Gasteiger partial charge in [0.2, 0.25) is 0 Å².